The van der Waals surface area contributed by atoms with E-state index in [1.54, 1.807) is 6.07 Å². The van der Waals surface area contributed by atoms with Gasteiger partial charge in [0, 0.05) is 7.85 Å². The number of ether oxygens (including phenoxy) is 2. The summed E-state index contributed by atoms with van der Waals surface area (Å²) in [6.07, 6.45) is 2.02. The summed E-state index contributed by atoms with van der Waals surface area (Å²) in [6.45, 7) is 2.02. The summed E-state index contributed by atoms with van der Waals surface area (Å²) >= 11 is 6.39. The lowest BCUT2D eigenvalue weighted by molar-refractivity contribution is -0.135. The fraction of sp³-hybridized carbons (Fsp3) is 0.259. The number of carboxylic acids is 1. The van der Waals surface area contributed by atoms with E-state index in [1.807, 2.05) is 55.5 Å². The molecule has 1 saturated carbocycles. The highest BCUT2D eigenvalue weighted by molar-refractivity contribution is 6.33. The molecular formula is C27H26ClNO5. The molecule has 0 aromatic heterocycles. The van der Waals surface area contributed by atoms with Gasteiger partial charge in [-0.1, -0.05) is 41.9 Å². The molecule has 176 valence electrons. The third kappa shape index (κ3) is 4.21. The summed E-state index contributed by atoms with van der Waals surface area (Å²) in [6, 6.07) is 17.3. The number of carboxylic acid groups (broad SMARTS) is 1. The third-order valence-corrected chi connectivity index (χ3v) is 6.90. The summed E-state index contributed by atoms with van der Waals surface area (Å²) in [5, 5.41) is 12.1. The van der Waals surface area contributed by atoms with Gasteiger partial charge in [0.15, 0.2) is 11.5 Å². The summed E-state index contributed by atoms with van der Waals surface area (Å²) in [5.74, 6) is 0.667. The number of anilines is 1. The lowest BCUT2D eigenvalue weighted by atomic mass is 9.87. The standard InChI is InChI=1S/C27H24ClNO5.H2/c1-16-2-3-17(10-20(16)18-4-6-22(21(28)12-18)29-14-26(31)32)11-25(30)27(8-9-27)19-5-7-23-24(13-19)34-15-33-23;/h2-7,10,12-13,29H,8-9,11,14-15H2,1H3,(H,31,32);1H. The summed E-state index contributed by atoms with van der Waals surface area (Å²) < 4.78 is 10.9. The number of Topliss-reactive ketones (excluding diaryl/α,β-unsaturated/α-hetero) is 1. The first kappa shape index (κ1) is 22.3. The normalized spacial score (nSPS) is 15.1. The predicted octanol–water partition coefficient (Wildman–Crippen LogP) is 5.63. The van der Waals surface area contributed by atoms with Gasteiger partial charge in [-0.05, 0) is 71.8 Å². The molecule has 0 saturated heterocycles. The smallest absolute Gasteiger partial charge is 0.322 e. The third-order valence-electron chi connectivity index (χ3n) is 6.59. The number of aryl methyl sites for hydroxylation is 1. The van der Waals surface area contributed by atoms with Crippen LogP contribution >= 0.6 is 11.6 Å². The number of halogens is 1. The summed E-state index contributed by atoms with van der Waals surface area (Å²) in [7, 11) is 0. The Bertz CT molecular complexity index is 1300. The van der Waals surface area contributed by atoms with Crippen LogP contribution in [0.15, 0.2) is 54.6 Å². The maximum absolute atomic E-state index is 13.4. The van der Waals surface area contributed by atoms with Gasteiger partial charge in [-0.25, -0.2) is 0 Å². The molecule has 0 unspecified atom stereocenters. The number of nitrogens with one attached hydrogen (secondary N) is 1. The monoisotopic (exact) mass is 479 g/mol. The lowest BCUT2D eigenvalue weighted by Crippen LogP contribution is -2.22. The maximum atomic E-state index is 13.4. The predicted molar refractivity (Wildman–Crippen MR) is 132 cm³/mol. The van der Waals surface area contributed by atoms with E-state index in [4.69, 9.17) is 26.2 Å². The largest absolute Gasteiger partial charge is 0.480 e. The van der Waals surface area contributed by atoms with Gasteiger partial charge in [0.05, 0.1) is 16.1 Å². The van der Waals surface area contributed by atoms with Crippen molar-refractivity contribution in [2.24, 2.45) is 0 Å². The molecule has 0 atom stereocenters. The van der Waals surface area contributed by atoms with E-state index < -0.39 is 11.4 Å². The van der Waals surface area contributed by atoms with E-state index in [1.165, 1.54) is 0 Å². The highest BCUT2D eigenvalue weighted by atomic mass is 35.5. The molecule has 6 nitrogen and oxygen atoms in total. The SMILES string of the molecule is Cc1ccc(CC(=O)C2(c3ccc4c(c3)OCO4)CC2)cc1-c1ccc(NCC(=O)O)c(Cl)c1.[HH]. The Hall–Kier alpha value is -3.51. The highest BCUT2D eigenvalue weighted by Crippen LogP contribution is 2.51. The van der Waals surface area contributed by atoms with Gasteiger partial charge < -0.3 is 19.9 Å². The number of hydrogen-bond donors (Lipinski definition) is 2. The van der Waals surface area contributed by atoms with Gasteiger partial charge in [0.1, 0.15) is 12.3 Å². The van der Waals surface area contributed by atoms with Crippen LogP contribution in [0.5, 0.6) is 11.5 Å². The molecule has 3 aromatic rings. The van der Waals surface area contributed by atoms with E-state index in [-0.39, 0.29) is 20.5 Å². The molecule has 2 N–H and O–H groups in total. The Morgan fingerprint density at radius 1 is 1.06 bits per heavy atom. The molecule has 1 aliphatic carbocycles. The van der Waals surface area contributed by atoms with Crippen molar-refractivity contribution in [2.75, 3.05) is 18.7 Å². The second-order valence-corrected chi connectivity index (χ2v) is 9.25. The van der Waals surface area contributed by atoms with Crippen LogP contribution in [0.1, 0.15) is 31.0 Å². The van der Waals surface area contributed by atoms with Crippen LogP contribution in [0.2, 0.25) is 5.02 Å². The van der Waals surface area contributed by atoms with Crippen molar-refractivity contribution in [3.63, 3.8) is 0 Å². The Kier molecular flexibility index (Phi) is 5.70. The molecule has 0 radical (unpaired) electrons. The van der Waals surface area contributed by atoms with Crippen LogP contribution in [-0.2, 0) is 21.4 Å². The molecular weight excluding hydrogens is 454 g/mol. The minimum absolute atomic E-state index is 0. The summed E-state index contributed by atoms with van der Waals surface area (Å²) in [5.41, 5.74) is 5.02. The molecule has 34 heavy (non-hydrogen) atoms. The fourth-order valence-corrected chi connectivity index (χ4v) is 4.74. The minimum atomic E-state index is -0.956. The Balaban J connectivity index is 0.00000289. The number of aliphatic carboxylic acids is 1. The second-order valence-electron chi connectivity index (χ2n) is 8.84. The Labute approximate surface area is 204 Å². The lowest BCUT2D eigenvalue weighted by Gasteiger charge is -2.16. The molecule has 7 heteroatoms. The van der Waals surface area contributed by atoms with Crippen molar-refractivity contribution < 1.29 is 25.6 Å². The first-order chi connectivity index (χ1) is 16.4. The molecule has 1 heterocycles. The average Bonchev–Trinajstić information content (AvgIpc) is 3.50. The minimum Gasteiger partial charge on any atom is -0.480 e. The molecule has 0 amide bonds. The number of fused-ring (bicyclic) bond motifs is 1. The fourth-order valence-electron chi connectivity index (χ4n) is 4.49. The molecule has 2 aliphatic rings. The number of benzene rings is 3. The van der Waals surface area contributed by atoms with E-state index in [0.29, 0.717) is 22.9 Å². The van der Waals surface area contributed by atoms with Gasteiger partial charge in [0.2, 0.25) is 6.79 Å². The first-order valence-electron chi connectivity index (χ1n) is 11.1. The molecule has 0 bridgehead atoms. The summed E-state index contributed by atoms with van der Waals surface area (Å²) in [4.78, 5) is 24.2. The number of carbonyl (C=O) groups is 2. The van der Waals surface area contributed by atoms with Gasteiger partial charge >= 0.3 is 5.97 Å². The van der Waals surface area contributed by atoms with Crippen molar-refractivity contribution >= 4 is 29.0 Å². The Morgan fingerprint density at radius 3 is 2.59 bits per heavy atom. The first-order valence-corrected chi connectivity index (χ1v) is 11.5. The maximum Gasteiger partial charge on any atom is 0.322 e. The Morgan fingerprint density at radius 2 is 1.85 bits per heavy atom. The topological polar surface area (TPSA) is 84.9 Å². The zero-order chi connectivity index (χ0) is 23.9. The van der Waals surface area contributed by atoms with E-state index >= 15 is 0 Å². The van der Waals surface area contributed by atoms with Crippen molar-refractivity contribution in [3.8, 4) is 22.6 Å². The van der Waals surface area contributed by atoms with Crippen LogP contribution < -0.4 is 14.8 Å². The number of carbonyl (C=O) groups excluding carboxylic acids is 1. The molecule has 5 rings (SSSR count). The van der Waals surface area contributed by atoms with E-state index in [2.05, 4.69) is 5.32 Å². The van der Waals surface area contributed by atoms with Gasteiger partial charge in [-0.3, -0.25) is 9.59 Å². The molecule has 0 spiro atoms. The van der Waals surface area contributed by atoms with Crippen LogP contribution in [0.4, 0.5) is 5.69 Å². The van der Waals surface area contributed by atoms with E-state index in [0.717, 1.165) is 46.4 Å². The van der Waals surface area contributed by atoms with Crippen LogP contribution in [0.3, 0.4) is 0 Å². The zero-order valence-corrected chi connectivity index (χ0v) is 19.4. The van der Waals surface area contributed by atoms with E-state index in [9.17, 15) is 9.59 Å². The molecule has 1 aliphatic heterocycles. The van der Waals surface area contributed by atoms with Crippen LogP contribution in [0, 0.1) is 6.92 Å². The number of rotatable bonds is 8. The van der Waals surface area contributed by atoms with Gasteiger partial charge in [-0.15, -0.1) is 0 Å². The number of hydrogen-bond acceptors (Lipinski definition) is 5. The average molecular weight is 480 g/mol. The zero-order valence-electron chi connectivity index (χ0n) is 18.7. The molecule has 3 aromatic carbocycles. The van der Waals surface area contributed by atoms with Crippen molar-refractivity contribution in [2.45, 2.75) is 31.6 Å². The number of ketones is 1. The van der Waals surface area contributed by atoms with Gasteiger partial charge in [0.25, 0.3) is 0 Å². The van der Waals surface area contributed by atoms with Crippen molar-refractivity contribution in [3.05, 3.63) is 76.3 Å². The van der Waals surface area contributed by atoms with Crippen LogP contribution in [0.25, 0.3) is 11.1 Å². The molecule has 1 fully saturated rings. The second kappa shape index (κ2) is 8.69. The van der Waals surface area contributed by atoms with Crippen molar-refractivity contribution in [1.29, 1.82) is 0 Å². The quantitative estimate of drug-likeness (QED) is 0.435. The van der Waals surface area contributed by atoms with Crippen LogP contribution in [-0.4, -0.2) is 30.2 Å². The van der Waals surface area contributed by atoms with Crippen molar-refractivity contribution in [1.82, 2.24) is 0 Å². The highest BCUT2D eigenvalue weighted by Gasteiger charge is 2.50. The van der Waals surface area contributed by atoms with Gasteiger partial charge in [-0.2, -0.15) is 0 Å².